The third-order valence-electron chi connectivity index (χ3n) is 1.88. The van der Waals surface area contributed by atoms with E-state index in [4.69, 9.17) is 18.2 Å². The molecule has 0 saturated carbocycles. The monoisotopic (exact) mass is 380 g/mol. The zero-order chi connectivity index (χ0) is 16.8. The Kier molecular flexibility index (Phi) is 14.0. The molecule has 2 aromatic rings. The first kappa shape index (κ1) is 23.4. The molecular weight excluding hydrogens is 368 g/mol. The van der Waals surface area contributed by atoms with Gasteiger partial charge in [-0.25, -0.2) is 5.26 Å². The molecule has 2 rings (SSSR count). The molecular formula is C14H12FeO7S. The van der Waals surface area contributed by atoms with Crippen LogP contribution in [0.25, 0.3) is 0 Å². The largest absolute Gasteiger partial charge is 2.00 e. The average Bonchev–Trinajstić information content (AvgIpc) is 2.57. The van der Waals surface area contributed by atoms with E-state index in [0.717, 1.165) is 0 Å². The van der Waals surface area contributed by atoms with Crippen LogP contribution in [-0.4, -0.2) is 30.8 Å². The van der Waals surface area contributed by atoms with Crippen LogP contribution < -0.4 is 0 Å². The Morgan fingerprint density at radius 1 is 0.783 bits per heavy atom. The number of hydrogen-bond donors (Lipinski definition) is 2. The number of carbonyl (C=O) groups excluding carboxylic acids is 2. The standard InChI is InChI=1S/2C7H5O.Fe.H2O5S/c2*8-6-7-4-2-1-3-5-7;;1-5-6(2,3)4/h2*1-5H;;1H,(H,2,3,4)/q2*-1;+2;. The summed E-state index contributed by atoms with van der Waals surface area (Å²) in [6.07, 6.45) is 3.55. The molecule has 0 aliphatic heterocycles. The zero-order valence-electron chi connectivity index (χ0n) is 11.5. The maximum absolute atomic E-state index is 9.88. The number of hydrogen-bond acceptors (Lipinski definition) is 6. The second-order valence-corrected chi connectivity index (χ2v) is 4.44. The second-order valence-electron chi connectivity index (χ2n) is 3.44. The van der Waals surface area contributed by atoms with Gasteiger partial charge in [0.25, 0.3) is 0 Å². The fraction of sp³-hybridized carbons (Fsp3) is 0. The van der Waals surface area contributed by atoms with E-state index in [1.165, 1.54) is 0 Å². The number of benzene rings is 2. The fourth-order valence-corrected chi connectivity index (χ4v) is 1.01. The summed E-state index contributed by atoms with van der Waals surface area (Å²) in [4.78, 5) is 19.8. The molecule has 0 aliphatic rings. The van der Waals surface area contributed by atoms with E-state index in [1.54, 1.807) is 61.1 Å². The minimum Gasteiger partial charge on any atom is -0.376 e. The fourth-order valence-electron chi connectivity index (χ4n) is 1.01. The van der Waals surface area contributed by atoms with Crippen molar-refractivity contribution in [3.63, 3.8) is 0 Å². The third kappa shape index (κ3) is 14.8. The summed E-state index contributed by atoms with van der Waals surface area (Å²) < 4.78 is 28.0. The Labute approximate surface area is 144 Å². The van der Waals surface area contributed by atoms with Crippen molar-refractivity contribution in [3.8, 4) is 0 Å². The first-order valence-corrected chi connectivity index (χ1v) is 6.96. The maximum Gasteiger partial charge on any atom is 2.00 e. The van der Waals surface area contributed by atoms with Crippen molar-refractivity contribution in [1.29, 1.82) is 0 Å². The van der Waals surface area contributed by atoms with Gasteiger partial charge in [0.1, 0.15) is 0 Å². The topological polar surface area (TPSA) is 118 Å². The van der Waals surface area contributed by atoms with Crippen molar-refractivity contribution in [3.05, 3.63) is 71.8 Å². The molecule has 0 spiro atoms. The van der Waals surface area contributed by atoms with Crippen molar-refractivity contribution in [1.82, 2.24) is 0 Å². The van der Waals surface area contributed by atoms with Gasteiger partial charge in [-0.15, -0.1) is 24.3 Å². The number of rotatable bonds is 3. The van der Waals surface area contributed by atoms with Gasteiger partial charge in [0.15, 0.2) is 0 Å². The molecule has 9 heteroatoms. The van der Waals surface area contributed by atoms with Crippen LogP contribution in [0.3, 0.4) is 0 Å². The van der Waals surface area contributed by atoms with E-state index in [0.29, 0.717) is 11.1 Å². The van der Waals surface area contributed by atoms with Crippen LogP contribution in [0.15, 0.2) is 60.7 Å². The summed E-state index contributed by atoms with van der Waals surface area (Å²) in [7, 11) is -4.61. The summed E-state index contributed by atoms with van der Waals surface area (Å²) >= 11 is 0. The van der Waals surface area contributed by atoms with Gasteiger partial charge < -0.3 is 9.59 Å². The molecule has 23 heavy (non-hydrogen) atoms. The Hall–Kier alpha value is -1.87. The molecule has 0 aromatic heterocycles. The molecule has 0 fully saturated rings. The predicted molar refractivity (Wildman–Crippen MR) is 77.7 cm³/mol. The minimum atomic E-state index is -4.61. The molecule has 0 saturated heterocycles. The van der Waals surface area contributed by atoms with Crippen molar-refractivity contribution in [2.45, 2.75) is 0 Å². The molecule has 0 atom stereocenters. The van der Waals surface area contributed by atoms with Gasteiger partial charge in [0, 0.05) is 0 Å². The van der Waals surface area contributed by atoms with E-state index in [1.807, 2.05) is 12.1 Å². The molecule has 0 unspecified atom stereocenters. The second kappa shape index (κ2) is 13.8. The Bertz CT molecular complexity index is 602. The average molecular weight is 380 g/mol. The molecule has 7 nitrogen and oxygen atoms in total. The molecule has 2 N–H and O–H groups in total. The van der Waals surface area contributed by atoms with E-state index in [2.05, 4.69) is 4.33 Å². The van der Waals surface area contributed by atoms with E-state index < -0.39 is 10.4 Å². The Balaban J connectivity index is 0. The van der Waals surface area contributed by atoms with Gasteiger partial charge >= 0.3 is 27.5 Å². The third-order valence-corrected chi connectivity index (χ3v) is 2.07. The van der Waals surface area contributed by atoms with Crippen LogP contribution in [0.5, 0.6) is 0 Å². The normalized spacial score (nSPS) is 8.96. The van der Waals surface area contributed by atoms with Gasteiger partial charge in [0.05, 0.1) is 12.6 Å². The zero-order valence-corrected chi connectivity index (χ0v) is 13.4. The molecule has 0 aliphatic carbocycles. The summed E-state index contributed by atoms with van der Waals surface area (Å²) in [6, 6.07) is 17.8. The molecule has 2 aromatic carbocycles. The van der Waals surface area contributed by atoms with Gasteiger partial charge in [-0.2, -0.15) is 43.8 Å². The summed E-state index contributed by atoms with van der Waals surface area (Å²) in [5, 5.41) is 7.06. The van der Waals surface area contributed by atoms with Crippen molar-refractivity contribution in [2.75, 3.05) is 0 Å². The van der Waals surface area contributed by atoms with Crippen LogP contribution in [-0.2, 0) is 41.4 Å². The summed E-state index contributed by atoms with van der Waals surface area (Å²) in [6.45, 7) is 0. The van der Waals surface area contributed by atoms with E-state index >= 15 is 0 Å². The molecule has 124 valence electrons. The van der Waals surface area contributed by atoms with Crippen molar-refractivity contribution >= 4 is 23.0 Å². The Morgan fingerprint density at radius 3 is 1.17 bits per heavy atom. The van der Waals surface area contributed by atoms with Crippen molar-refractivity contribution in [2.24, 2.45) is 0 Å². The van der Waals surface area contributed by atoms with Crippen LogP contribution in [0.4, 0.5) is 0 Å². The minimum absolute atomic E-state index is 0. The quantitative estimate of drug-likeness (QED) is 0.273. The van der Waals surface area contributed by atoms with Crippen LogP contribution >= 0.6 is 0 Å². The van der Waals surface area contributed by atoms with Gasteiger partial charge in [-0.1, -0.05) is 16.5 Å². The first-order chi connectivity index (χ1) is 10.4. The van der Waals surface area contributed by atoms with Gasteiger partial charge in [-0.05, 0) is 0 Å². The smallest absolute Gasteiger partial charge is 0.376 e. The first-order valence-electron chi connectivity index (χ1n) is 5.59. The van der Waals surface area contributed by atoms with Crippen molar-refractivity contribution < 1.29 is 49.2 Å². The SMILES string of the molecule is O=S(=O)(O)OO.O=[C-]c1ccccc1.O=[C-]c1ccccc1.[Fe+2]. The van der Waals surface area contributed by atoms with Crippen LogP contribution in [0, 0.1) is 0 Å². The van der Waals surface area contributed by atoms with Crippen LogP contribution in [0.1, 0.15) is 11.1 Å². The van der Waals surface area contributed by atoms with E-state index in [-0.39, 0.29) is 17.1 Å². The summed E-state index contributed by atoms with van der Waals surface area (Å²) in [5.41, 5.74) is 1.21. The molecule has 0 bridgehead atoms. The molecule has 0 radical (unpaired) electrons. The Morgan fingerprint density at radius 2 is 1.04 bits per heavy atom. The molecule has 0 amide bonds. The summed E-state index contributed by atoms with van der Waals surface area (Å²) in [5.74, 6) is 0. The predicted octanol–water partition coefficient (Wildman–Crippen LogP) is 1.57. The van der Waals surface area contributed by atoms with Gasteiger partial charge in [0.2, 0.25) is 0 Å². The maximum atomic E-state index is 9.88. The van der Waals surface area contributed by atoms with E-state index in [9.17, 15) is 9.59 Å². The van der Waals surface area contributed by atoms with Crippen LogP contribution in [0.2, 0.25) is 0 Å². The van der Waals surface area contributed by atoms with Gasteiger partial charge in [-0.3, -0.25) is 4.55 Å². The molecule has 0 heterocycles.